The Morgan fingerprint density at radius 2 is 2.00 bits per heavy atom. The Bertz CT molecular complexity index is 657. The minimum Gasteiger partial charge on any atom is -0.314 e. The van der Waals surface area contributed by atoms with Crippen LogP contribution in [-0.2, 0) is 12.7 Å². The van der Waals surface area contributed by atoms with Gasteiger partial charge in [-0.2, -0.15) is 13.2 Å². The number of thiazole rings is 1. The lowest BCUT2D eigenvalue weighted by Gasteiger charge is -2.33. The van der Waals surface area contributed by atoms with E-state index >= 15 is 0 Å². The standard InChI is InChI=1S/C16H18F3N3S.ClH/c1-11-8-20-6-7-22(11)9-14-10-23-15(21-14)12-2-4-13(5-3-12)16(17,18)19;/h2-5,10-11,20H,6-9H2,1H3;1H/t11-;/m1./s1. The van der Waals surface area contributed by atoms with Crippen LogP contribution in [0.4, 0.5) is 13.2 Å². The summed E-state index contributed by atoms with van der Waals surface area (Å²) >= 11 is 1.47. The highest BCUT2D eigenvalue weighted by molar-refractivity contribution is 7.13. The molecular formula is C16H19ClF3N3S. The molecular weight excluding hydrogens is 359 g/mol. The molecule has 1 aromatic carbocycles. The first-order chi connectivity index (χ1) is 10.9. The predicted octanol–water partition coefficient (Wildman–Crippen LogP) is 4.04. The van der Waals surface area contributed by atoms with E-state index in [2.05, 4.69) is 22.1 Å². The second kappa shape index (κ2) is 7.82. The van der Waals surface area contributed by atoms with Crippen molar-refractivity contribution < 1.29 is 13.2 Å². The maximum absolute atomic E-state index is 12.6. The van der Waals surface area contributed by atoms with Gasteiger partial charge in [-0.25, -0.2) is 4.98 Å². The Labute approximate surface area is 149 Å². The van der Waals surface area contributed by atoms with Gasteiger partial charge in [0, 0.05) is 43.2 Å². The molecule has 0 amide bonds. The van der Waals surface area contributed by atoms with E-state index in [1.54, 1.807) is 0 Å². The maximum atomic E-state index is 12.6. The molecule has 3 rings (SSSR count). The van der Waals surface area contributed by atoms with Crippen molar-refractivity contribution in [3.63, 3.8) is 0 Å². The molecule has 0 radical (unpaired) electrons. The third-order valence-electron chi connectivity index (χ3n) is 4.01. The largest absolute Gasteiger partial charge is 0.416 e. The zero-order chi connectivity index (χ0) is 16.4. The molecule has 1 aromatic heterocycles. The van der Waals surface area contributed by atoms with Crippen LogP contribution < -0.4 is 5.32 Å². The maximum Gasteiger partial charge on any atom is 0.416 e. The van der Waals surface area contributed by atoms with E-state index in [1.807, 2.05) is 5.38 Å². The van der Waals surface area contributed by atoms with E-state index in [-0.39, 0.29) is 12.4 Å². The molecule has 0 saturated carbocycles. The Kier molecular flexibility index (Phi) is 6.25. The number of hydrogen-bond donors (Lipinski definition) is 1. The molecule has 2 aromatic rings. The summed E-state index contributed by atoms with van der Waals surface area (Å²) in [7, 11) is 0. The van der Waals surface area contributed by atoms with Crippen LogP contribution in [0.3, 0.4) is 0 Å². The molecule has 1 fully saturated rings. The van der Waals surface area contributed by atoms with Crippen molar-refractivity contribution in [2.45, 2.75) is 25.7 Å². The van der Waals surface area contributed by atoms with Crippen molar-refractivity contribution in [1.82, 2.24) is 15.2 Å². The Hall–Kier alpha value is -1.15. The summed E-state index contributed by atoms with van der Waals surface area (Å²) in [5, 5.41) is 6.10. The number of halogens is 4. The quantitative estimate of drug-likeness (QED) is 0.874. The Balaban J connectivity index is 0.00000208. The van der Waals surface area contributed by atoms with Crippen LogP contribution >= 0.6 is 23.7 Å². The molecule has 1 N–H and O–H groups in total. The van der Waals surface area contributed by atoms with Gasteiger partial charge in [-0.1, -0.05) is 12.1 Å². The lowest BCUT2D eigenvalue weighted by atomic mass is 10.1. The van der Waals surface area contributed by atoms with Crippen LogP contribution in [0, 0.1) is 0 Å². The average Bonchev–Trinajstić information content (AvgIpc) is 2.97. The molecule has 1 aliphatic heterocycles. The van der Waals surface area contributed by atoms with Gasteiger partial charge in [0.25, 0.3) is 0 Å². The molecule has 1 atom stereocenters. The highest BCUT2D eigenvalue weighted by Gasteiger charge is 2.30. The molecule has 0 aliphatic carbocycles. The van der Waals surface area contributed by atoms with Crippen molar-refractivity contribution in [1.29, 1.82) is 0 Å². The number of rotatable bonds is 3. The smallest absolute Gasteiger partial charge is 0.314 e. The van der Waals surface area contributed by atoms with E-state index in [0.29, 0.717) is 6.04 Å². The molecule has 0 bridgehead atoms. The van der Waals surface area contributed by atoms with Crippen LogP contribution in [0.5, 0.6) is 0 Å². The number of nitrogens with zero attached hydrogens (tertiary/aromatic N) is 2. The zero-order valence-corrected chi connectivity index (χ0v) is 14.8. The van der Waals surface area contributed by atoms with Crippen molar-refractivity contribution in [3.05, 3.63) is 40.9 Å². The molecule has 1 saturated heterocycles. The summed E-state index contributed by atoms with van der Waals surface area (Å²) in [6.07, 6.45) is -4.30. The third kappa shape index (κ3) is 4.47. The molecule has 2 heterocycles. The molecule has 0 unspecified atom stereocenters. The van der Waals surface area contributed by atoms with E-state index in [9.17, 15) is 13.2 Å². The normalized spacial score (nSPS) is 19.1. The Morgan fingerprint density at radius 1 is 1.29 bits per heavy atom. The number of nitrogens with one attached hydrogen (secondary N) is 1. The van der Waals surface area contributed by atoms with Crippen molar-refractivity contribution in [2.24, 2.45) is 0 Å². The molecule has 1 aliphatic rings. The molecule has 0 spiro atoms. The monoisotopic (exact) mass is 377 g/mol. The molecule has 8 heteroatoms. The topological polar surface area (TPSA) is 28.2 Å². The minimum atomic E-state index is -4.30. The van der Waals surface area contributed by atoms with Crippen LogP contribution in [0.1, 0.15) is 18.2 Å². The summed E-state index contributed by atoms with van der Waals surface area (Å²) in [6.45, 7) is 5.87. The van der Waals surface area contributed by atoms with Crippen LogP contribution in [0.2, 0.25) is 0 Å². The highest BCUT2D eigenvalue weighted by Crippen LogP contribution is 2.31. The average molecular weight is 378 g/mol. The van der Waals surface area contributed by atoms with E-state index < -0.39 is 11.7 Å². The fourth-order valence-corrected chi connectivity index (χ4v) is 3.46. The van der Waals surface area contributed by atoms with Gasteiger partial charge in [0.2, 0.25) is 0 Å². The fourth-order valence-electron chi connectivity index (χ4n) is 2.64. The van der Waals surface area contributed by atoms with Gasteiger partial charge in [-0.15, -0.1) is 23.7 Å². The number of aromatic nitrogens is 1. The first kappa shape index (κ1) is 19.2. The van der Waals surface area contributed by atoms with E-state index in [0.717, 1.165) is 54.6 Å². The van der Waals surface area contributed by atoms with Crippen molar-refractivity contribution in [2.75, 3.05) is 19.6 Å². The number of piperazine rings is 1. The lowest BCUT2D eigenvalue weighted by molar-refractivity contribution is -0.137. The second-order valence-corrected chi connectivity index (χ2v) is 6.60. The van der Waals surface area contributed by atoms with Gasteiger partial charge in [-0.3, -0.25) is 4.90 Å². The van der Waals surface area contributed by atoms with E-state index in [1.165, 1.54) is 23.5 Å². The fraction of sp³-hybridized carbons (Fsp3) is 0.438. The summed E-state index contributed by atoms with van der Waals surface area (Å²) < 4.78 is 37.8. The van der Waals surface area contributed by atoms with Gasteiger partial charge < -0.3 is 5.32 Å². The number of benzene rings is 1. The van der Waals surface area contributed by atoms with Crippen LogP contribution in [0.25, 0.3) is 10.6 Å². The highest BCUT2D eigenvalue weighted by atomic mass is 35.5. The first-order valence-corrected chi connectivity index (χ1v) is 8.38. The van der Waals surface area contributed by atoms with Gasteiger partial charge in [-0.05, 0) is 19.1 Å². The van der Waals surface area contributed by atoms with Gasteiger partial charge in [0.05, 0.1) is 11.3 Å². The van der Waals surface area contributed by atoms with Crippen LogP contribution in [-0.4, -0.2) is 35.6 Å². The summed E-state index contributed by atoms with van der Waals surface area (Å²) in [5.74, 6) is 0. The van der Waals surface area contributed by atoms with Gasteiger partial charge >= 0.3 is 6.18 Å². The molecule has 132 valence electrons. The zero-order valence-electron chi connectivity index (χ0n) is 13.1. The minimum absolute atomic E-state index is 0. The summed E-state index contributed by atoms with van der Waals surface area (Å²) in [4.78, 5) is 6.94. The van der Waals surface area contributed by atoms with Gasteiger partial charge in [0.1, 0.15) is 5.01 Å². The molecule has 3 nitrogen and oxygen atoms in total. The van der Waals surface area contributed by atoms with Gasteiger partial charge in [0.15, 0.2) is 0 Å². The lowest BCUT2D eigenvalue weighted by Crippen LogP contribution is -2.49. The number of alkyl halides is 3. The number of hydrogen-bond acceptors (Lipinski definition) is 4. The van der Waals surface area contributed by atoms with E-state index in [4.69, 9.17) is 0 Å². The summed E-state index contributed by atoms with van der Waals surface area (Å²) in [5.41, 5.74) is 1.06. The van der Waals surface area contributed by atoms with Crippen molar-refractivity contribution >= 4 is 23.7 Å². The Morgan fingerprint density at radius 3 is 2.62 bits per heavy atom. The second-order valence-electron chi connectivity index (χ2n) is 5.74. The predicted molar refractivity (Wildman–Crippen MR) is 92.5 cm³/mol. The van der Waals surface area contributed by atoms with Crippen LogP contribution in [0.15, 0.2) is 29.6 Å². The molecule has 24 heavy (non-hydrogen) atoms. The first-order valence-electron chi connectivity index (χ1n) is 7.50. The SMILES string of the molecule is C[C@@H]1CNCCN1Cc1csc(-c2ccc(C(F)(F)F)cc2)n1.Cl. The summed E-state index contributed by atoms with van der Waals surface area (Å²) in [6, 6.07) is 5.64. The van der Waals surface area contributed by atoms with Crippen molar-refractivity contribution in [3.8, 4) is 10.6 Å². The third-order valence-corrected chi connectivity index (χ3v) is 4.96.